The van der Waals surface area contributed by atoms with Crippen molar-refractivity contribution in [1.82, 2.24) is 0 Å². The summed E-state index contributed by atoms with van der Waals surface area (Å²) in [5, 5.41) is 10.5. The van der Waals surface area contributed by atoms with Crippen molar-refractivity contribution in [3.8, 4) is 11.8 Å². The fourth-order valence-electron chi connectivity index (χ4n) is 6.66. The molecule has 0 aromatic heterocycles. The van der Waals surface area contributed by atoms with Gasteiger partial charge in [-0.1, -0.05) is 74.5 Å². The van der Waals surface area contributed by atoms with Gasteiger partial charge >= 0.3 is 11.9 Å². The van der Waals surface area contributed by atoms with Crippen LogP contribution in [0.5, 0.6) is 0 Å². The maximum atomic E-state index is 11.6. The second-order valence-electron chi connectivity index (χ2n) is 11.5. The molecule has 0 aromatic rings. The predicted molar refractivity (Wildman–Crippen MR) is 146 cm³/mol. The first kappa shape index (κ1) is 29.2. The SMILES string of the molecule is CCC(O)(C#CCC(C)C1=CCC2/C(=C/C=C3CC(OC(C)=O)C[C@H](OC(C)=O)C3)CCC[C@]12C)CC. The smallest absolute Gasteiger partial charge is 0.302 e. The maximum Gasteiger partial charge on any atom is 0.302 e. The van der Waals surface area contributed by atoms with Crippen LogP contribution >= 0.6 is 0 Å². The molecule has 3 aliphatic rings. The number of hydrogen-bond donors (Lipinski definition) is 1. The van der Waals surface area contributed by atoms with Gasteiger partial charge in [0.1, 0.15) is 17.8 Å². The molecule has 0 bridgehead atoms. The summed E-state index contributed by atoms with van der Waals surface area (Å²) in [6, 6.07) is 0. The Kier molecular flexibility index (Phi) is 9.86. The normalized spacial score (nSPS) is 30.7. The minimum absolute atomic E-state index is 0.141. The van der Waals surface area contributed by atoms with Gasteiger partial charge in [-0.25, -0.2) is 0 Å². The van der Waals surface area contributed by atoms with E-state index >= 15 is 0 Å². The quantitative estimate of drug-likeness (QED) is 0.237. The molecular formula is C32H46O5. The second-order valence-corrected chi connectivity index (χ2v) is 11.5. The summed E-state index contributed by atoms with van der Waals surface area (Å²) >= 11 is 0. The Bertz CT molecular complexity index is 976. The molecule has 0 spiro atoms. The first-order valence-corrected chi connectivity index (χ1v) is 14.2. The maximum absolute atomic E-state index is 11.6. The molecule has 0 heterocycles. The molecule has 0 radical (unpaired) electrons. The Hall–Kier alpha value is -2.32. The van der Waals surface area contributed by atoms with Gasteiger partial charge in [-0.15, -0.1) is 0 Å². The van der Waals surface area contributed by atoms with Crippen LogP contribution in [0.1, 0.15) is 106 Å². The Morgan fingerprint density at radius 1 is 1.16 bits per heavy atom. The third-order valence-corrected chi connectivity index (χ3v) is 8.75. The summed E-state index contributed by atoms with van der Waals surface area (Å²) in [6.45, 7) is 11.5. The lowest BCUT2D eigenvalue weighted by Crippen LogP contribution is -2.32. The minimum Gasteiger partial charge on any atom is -0.462 e. The van der Waals surface area contributed by atoms with Crippen molar-refractivity contribution in [2.45, 2.75) is 124 Å². The van der Waals surface area contributed by atoms with Gasteiger partial charge in [-0.05, 0) is 55.8 Å². The average Bonchev–Trinajstić information content (AvgIpc) is 3.19. The van der Waals surface area contributed by atoms with Crippen molar-refractivity contribution in [3.63, 3.8) is 0 Å². The molecule has 0 saturated heterocycles. The third kappa shape index (κ3) is 7.38. The lowest BCUT2D eigenvalue weighted by Gasteiger charge is -2.42. The summed E-state index contributed by atoms with van der Waals surface area (Å²) in [4.78, 5) is 23.1. The van der Waals surface area contributed by atoms with Crippen LogP contribution in [0.2, 0.25) is 0 Å². The molecule has 0 aliphatic heterocycles. The van der Waals surface area contributed by atoms with E-state index in [4.69, 9.17) is 9.47 Å². The highest BCUT2D eigenvalue weighted by Gasteiger charge is 2.45. The van der Waals surface area contributed by atoms with Crippen LogP contribution in [0, 0.1) is 29.1 Å². The van der Waals surface area contributed by atoms with E-state index in [1.54, 1.807) is 0 Å². The Balaban J connectivity index is 1.74. The van der Waals surface area contributed by atoms with E-state index in [1.165, 1.54) is 31.4 Å². The highest BCUT2D eigenvalue weighted by atomic mass is 16.6. The molecule has 1 N–H and O–H groups in total. The third-order valence-electron chi connectivity index (χ3n) is 8.75. The Labute approximate surface area is 223 Å². The fourth-order valence-corrected chi connectivity index (χ4v) is 6.66. The van der Waals surface area contributed by atoms with E-state index < -0.39 is 5.60 Å². The molecule has 5 heteroatoms. The fraction of sp³-hybridized carbons (Fsp3) is 0.688. The summed E-state index contributed by atoms with van der Waals surface area (Å²) in [7, 11) is 0. The van der Waals surface area contributed by atoms with Gasteiger partial charge in [-0.2, -0.15) is 0 Å². The van der Waals surface area contributed by atoms with Crippen LogP contribution in [0.15, 0.2) is 34.9 Å². The number of esters is 2. The molecule has 37 heavy (non-hydrogen) atoms. The monoisotopic (exact) mass is 510 g/mol. The summed E-state index contributed by atoms with van der Waals surface area (Å²) < 4.78 is 11.0. The number of allylic oxidation sites excluding steroid dienone is 5. The van der Waals surface area contributed by atoms with Crippen LogP contribution in [0.4, 0.5) is 0 Å². The minimum atomic E-state index is -0.869. The second kappa shape index (κ2) is 12.5. The first-order chi connectivity index (χ1) is 17.5. The van der Waals surface area contributed by atoms with Gasteiger partial charge in [0.25, 0.3) is 0 Å². The van der Waals surface area contributed by atoms with Crippen molar-refractivity contribution >= 4 is 11.9 Å². The zero-order valence-corrected chi connectivity index (χ0v) is 23.7. The van der Waals surface area contributed by atoms with E-state index in [0.717, 1.165) is 31.3 Å². The molecule has 3 unspecified atom stereocenters. The zero-order chi connectivity index (χ0) is 27.2. The lowest BCUT2D eigenvalue weighted by molar-refractivity contribution is -0.154. The number of carbonyl (C=O) groups is 2. The number of fused-ring (bicyclic) bond motifs is 1. The topological polar surface area (TPSA) is 72.8 Å². The Morgan fingerprint density at radius 2 is 1.78 bits per heavy atom. The average molecular weight is 511 g/mol. The van der Waals surface area contributed by atoms with E-state index in [9.17, 15) is 14.7 Å². The standard InChI is InChI=1S/C32H46O5/c1-7-32(35,8-2)18-9-11-22(3)29-15-16-30-26(12-10-17-31(29,30)6)14-13-25-19-27(36-23(4)33)21-28(20-25)37-24(5)34/h13-15,22,27-28,30,35H,7-8,10-12,16-17,19-21H2,1-6H3/b25-13?,26-14+/t22?,27-,28?,30?,31-/m1/s1. The van der Waals surface area contributed by atoms with Gasteiger partial charge in [0.15, 0.2) is 0 Å². The molecule has 204 valence electrons. The lowest BCUT2D eigenvalue weighted by atomic mass is 9.62. The van der Waals surface area contributed by atoms with Crippen molar-refractivity contribution in [2.75, 3.05) is 0 Å². The van der Waals surface area contributed by atoms with Crippen molar-refractivity contribution < 1.29 is 24.2 Å². The highest BCUT2D eigenvalue weighted by molar-refractivity contribution is 5.67. The zero-order valence-electron chi connectivity index (χ0n) is 23.7. The molecule has 0 amide bonds. The van der Waals surface area contributed by atoms with E-state index in [-0.39, 0.29) is 29.6 Å². The highest BCUT2D eigenvalue weighted by Crippen LogP contribution is 2.56. The van der Waals surface area contributed by atoms with Crippen LogP contribution < -0.4 is 0 Å². The van der Waals surface area contributed by atoms with Crippen LogP contribution in [0.3, 0.4) is 0 Å². The number of carbonyl (C=O) groups excluding carboxylic acids is 2. The molecule has 2 fully saturated rings. The van der Waals surface area contributed by atoms with Crippen LogP contribution in [-0.2, 0) is 19.1 Å². The van der Waals surface area contributed by atoms with Gasteiger partial charge in [0.2, 0.25) is 0 Å². The van der Waals surface area contributed by atoms with Gasteiger partial charge in [0, 0.05) is 39.5 Å². The number of rotatable bonds is 7. The van der Waals surface area contributed by atoms with Gasteiger partial charge in [-0.3, -0.25) is 9.59 Å². The summed E-state index contributed by atoms with van der Waals surface area (Å²) in [5.74, 6) is 6.68. The van der Waals surface area contributed by atoms with E-state index in [2.05, 4.69) is 43.9 Å². The number of hydrogen-bond acceptors (Lipinski definition) is 5. The van der Waals surface area contributed by atoms with Crippen LogP contribution in [0.25, 0.3) is 0 Å². The molecular weight excluding hydrogens is 464 g/mol. The largest absolute Gasteiger partial charge is 0.462 e. The Morgan fingerprint density at radius 3 is 2.35 bits per heavy atom. The van der Waals surface area contributed by atoms with Crippen molar-refractivity contribution in [2.24, 2.45) is 17.3 Å². The molecule has 3 aliphatic carbocycles. The molecule has 3 rings (SSSR count). The molecule has 5 nitrogen and oxygen atoms in total. The first-order valence-electron chi connectivity index (χ1n) is 14.2. The van der Waals surface area contributed by atoms with Crippen molar-refractivity contribution in [3.05, 3.63) is 34.9 Å². The summed E-state index contributed by atoms with van der Waals surface area (Å²) in [6.07, 6.45) is 14.9. The number of ether oxygens (including phenoxy) is 2. The predicted octanol–water partition coefficient (Wildman–Crippen LogP) is 6.60. The van der Waals surface area contributed by atoms with Crippen LogP contribution in [-0.4, -0.2) is 34.9 Å². The van der Waals surface area contributed by atoms with Gasteiger partial charge in [0.05, 0.1) is 0 Å². The molecule has 5 atom stereocenters. The summed E-state index contributed by atoms with van der Waals surface area (Å²) in [5.41, 5.74) is 3.44. The van der Waals surface area contributed by atoms with E-state index in [0.29, 0.717) is 43.9 Å². The molecule has 0 aromatic carbocycles. The molecule has 2 saturated carbocycles. The van der Waals surface area contributed by atoms with Crippen molar-refractivity contribution in [1.29, 1.82) is 0 Å². The van der Waals surface area contributed by atoms with Gasteiger partial charge < -0.3 is 14.6 Å². The van der Waals surface area contributed by atoms with E-state index in [1.807, 2.05) is 13.8 Å². The number of aliphatic hydroxyl groups is 1.